The van der Waals surface area contributed by atoms with E-state index in [1.807, 2.05) is 6.92 Å². The summed E-state index contributed by atoms with van der Waals surface area (Å²) in [6.45, 7) is 4.04. The highest BCUT2D eigenvalue weighted by molar-refractivity contribution is 5.54. The Bertz CT molecular complexity index is 513. The molecule has 2 saturated heterocycles. The number of halogens is 3. The predicted octanol–water partition coefficient (Wildman–Crippen LogP) is 4.05. The highest BCUT2D eigenvalue weighted by Gasteiger charge is 2.36. The molecule has 3 rings (SSSR count). The molecule has 5 heteroatoms. The number of hydrogen-bond donors (Lipinski definition) is 1. The highest BCUT2D eigenvalue weighted by Crippen LogP contribution is 2.34. The molecule has 0 radical (unpaired) electrons. The van der Waals surface area contributed by atoms with Crippen molar-refractivity contribution >= 4 is 5.69 Å². The molecule has 2 heterocycles. The molecule has 1 aromatic rings. The van der Waals surface area contributed by atoms with Gasteiger partial charge in [0.25, 0.3) is 0 Å². The predicted molar refractivity (Wildman–Crippen MR) is 77.4 cm³/mol. The molecule has 0 aliphatic carbocycles. The number of aryl methyl sites for hydroxylation is 1. The van der Waals surface area contributed by atoms with Crippen LogP contribution in [0.1, 0.15) is 36.8 Å². The van der Waals surface area contributed by atoms with Gasteiger partial charge in [-0.05, 0) is 50.4 Å². The number of anilines is 1. The SMILES string of the molecule is Cc1ccc(C(F)(F)F)cc1NC1CCN2CCCCC12. The van der Waals surface area contributed by atoms with E-state index in [-0.39, 0.29) is 6.04 Å². The second kappa shape index (κ2) is 5.52. The Morgan fingerprint density at radius 2 is 1.95 bits per heavy atom. The summed E-state index contributed by atoms with van der Waals surface area (Å²) in [7, 11) is 0. The first-order valence-corrected chi connectivity index (χ1v) is 7.63. The summed E-state index contributed by atoms with van der Waals surface area (Å²) in [5, 5.41) is 3.38. The third kappa shape index (κ3) is 3.03. The first kappa shape index (κ1) is 14.7. The highest BCUT2D eigenvalue weighted by atomic mass is 19.4. The average molecular weight is 298 g/mol. The molecule has 2 aliphatic heterocycles. The van der Waals surface area contributed by atoms with E-state index in [1.54, 1.807) is 6.07 Å². The lowest BCUT2D eigenvalue weighted by molar-refractivity contribution is -0.137. The van der Waals surface area contributed by atoms with Gasteiger partial charge in [-0.25, -0.2) is 0 Å². The van der Waals surface area contributed by atoms with Crippen molar-refractivity contribution in [1.82, 2.24) is 4.90 Å². The van der Waals surface area contributed by atoms with Crippen LogP contribution in [0.4, 0.5) is 18.9 Å². The van der Waals surface area contributed by atoms with Crippen LogP contribution in [-0.4, -0.2) is 30.1 Å². The third-order valence-electron chi connectivity index (χ3n) is 4.76. The maximum absolute atomic E-state index is 12.8. The Hall–Kier alpha value is -1.23. The number of alkyl halides is 3. The molecule has 2 aliphatic rings. The number of rotatable bonds is 2. The molecular weight excluding hydrogens is 277 g/mol. The second-order valence-electron chi connectivity index (χ2n) is 6.17. The maximum Gasteiger partial charge on any atom is 0.416 e. The third-order valence-corrected chi connectivity index (χ3v) is 4.76. The zero-order valence-corrected chi connectivity index (χ0v) is 12.2. The van der Waals surface area contributed by atoms with Gasteiger partial charge in [-0.3, -0.25) is 4.90 Å². The van der Waals surface area contributed by atoms with Gasteiger partial charge in [-0.2, -0.15) is 13.2 Å². The van der Waals surface area contributed by atoms with Crippen LogP contribution in [0.25, 0.3) is 0 Å². The minimum absolute atomic E-state index is 0.271. The molecule has 0 amide bonds. The molecule has 1 N–H and O–H groups in total. The Labute approximate surface area is 123 Å². The smallest absolute Gasteiger partial charge is 0.380 e. The molecule has 0 spiro atoms. The fourth-order valence-electron chi connectivity index (χ4n) is 3.57. The van der Waals surface area contributed by atoms with Gasteiger partial charge in [0.1, 0.15) is 0 Å². The van der Waals surface area contributed by atoms with Gasteiger partial charge in [-0.15, -0.1) is 0 Å². The Balaban J connectivity index is 1.78. The molecule has 116 valence electrons. The minimum Gasteiger partial charge on any atom is -0.380 e. The fraction of sp³-hybridized carbons (Fsp3) is 0.625. The first-order chi connectivity index (χ1) is 9.95. The monoisotopic (exact) mass is 298 g/mol. The van der Waals surface area contributed by atoms with Gasteiger partial charge >= 0.3 is 6.18 Å². The van der Waals surface area contributed by atoms with E-state index >= 15 is 0 Å². The Kier molecular flexibility index (Phi) is 3.86. The van der Waals surface area contributed by atoms with E-state index in [9.17, 15) is 13.2 Å². The van der Waals surface area contributed by atoms with Gasteiger partial charge < -0.3 is 5.32 Å². The molecule has 2 nitrogen and oxygen atoms in total. The van der Waals surface area contributed by atoms with E-state index in [4.69, 9.17) is 0 Å². The zero-order chi connectivity index (χ0) is 15.0. The minimum atomic E-state index is -4.28. The summed E-state index contributed by atoms with van der Waals surface area (Å²) in [6.07, 6.45) is 0.347. The number of fused-ring (bicyclic) bond motifs is 1. The van der Waals surface area contributed by atoms with E-state index in [2.05, 4.69) is 10.2 Å². The summed E-state index contributed by atoms with van der Waals surface area (Å²) >= 11 is 0. The standard InChI is InChI=1S/C16H21F3N2/c1-11-5-6-12(16(17,18)19)10-14(11)20-13-7-9-21-8-3-2-4-15(13)21/h5-6,10,13,15,20H,2-4,7-9H2,1H3. The topological polar surface area (TPSA) is 15.3 Å². The lowest BCUT2D eigenvalue weighted by atomic mass is 9.98. The zero-order valence-electron chi connectivity index (χ0n) is 12.2. The van der Waals surface area contributed by atoms with Crippen LogP contribution in [-0.2, 0) is 6.18 Å². The van der Waals surface area contributed by atoms with Gasteiger partial charge in [0, 0.05) is 24.3 Å². The Morgan fingerprint density at radius 3 is 2.71 bits per heavy atom. The van der Waals surface area contributed by atoms with Crippen LogP contribution in [0.3, 0.4) is 0 Å². The van der Waals surface area contributed by atoms with Crippen LogP contribution < -0.4 is 5.32 Å². The van der Waals surface area contributed by atoms with Crippen molar-refractivity contribution in [3.8, 4) is 0 Å². The molecule has 2 fully saturated rings. The summed E-state index contributed by atoms with van der Waals surface area (Å²) < 4.78 is 38.5. The molecule has 21 heavy (non-hydrogen) atoms. The number of nitrogens with zero attached hydrogens (tertiary/aromatic N) is 1. The number of nitrogens with one attached hydrogen (secondary N) is 1. The average Bonchev–Trinajstić information content (AvgIpc) is 2.83. The molecule has 2 unspecified atom stereocenters. The molecule has 0 saturated carbocycles. The maximum atomic E-state index is 12.8. The first-order valence-electron chi connectivity index (χ1n) is 7.63. The molecule has 2 atom stereocenters. The lowest BCUT2D eigenvalue weighted by Crippen LogP contribution is -2.41. The number of benzene rings is 1. The van der Waals surface area contributed by atoms with Gasteiger partial charge in [0.15, 0.2) is 0 Å². The van der Waals surface area contributed by atoms with Crippen molar-refractivity contribution in [3.63, 3.8) is 0 Å². The van der Waals surface area contributed by atoms with Crippen molar-refractivity contribution in [2.24, 2.45) is 0 Å². The summed E-state index contributed by atoms with van der Waals surface area (Å²) in [5.41, 5.74) is 0.925. The van der Waals surface area contributed by atoms with Gasteiger partial charge in [0.05, 0.1) is 5.56 Å². The second-order valence-corrected chi connectivity index (χ2v) is 6.17. The summed E-state index contributed by atoms with van der Waals surface area (Å²) in [6, 6.07) is 4.71. The lowest BCUT2D eigenvalue weighted by Gasteiger charge is -2.33. The van der Waals surface area contributed by atoms with Crippen molar-refractivity contribution in [2.45, 2.75) is 50.9 Å². The fourth-order valence-corrected chi connectivity index (χ4v) is 3.57. The number of hydrogen-bond acceptors (Lipinski definition) is 2. The van der Waals surface area contributed by atoms with Crippen LogP contribution in [0.15, 0.2) is 18.2 Å². The van der Waals surface area contributed by atoms with E-state index in [0.29, 0.717) is 11.7 Å². The van der Waals surface area contributed by atoms with Crippen molar-refractivity contribution < 1.29 is 13.2 Å². The summed E-state index contributed by atoms with van der Waals surface area (Å²) in [5.74, 6) is 0. The van der Waals surface area contributed by atoms with Crippen LogP contribution in [0.5, 0.6) is 0 Å². The van der Waals surface area contributed by atoms with Crippen molar-refractivity contribution in [3.05, 3.63) is 29.3 Å². The van der Waals surface area contributed by atoms with Gasteiger partial charge in [-0.1, -0.05) is 12.5 Å². The molecular formula is C16H21F3N2. The number of piperidine rings is 1. The van der Waals surface area contributed by atoms with Crippen LogP contribution in [0, 0.1) is 6.92 Å². The quantitative estimate of drug-likeness (QED) is 0.886. The normalized spacial score (nSPS) is 26.7. The molecule has 0 aromatic heterocycles. The van der Waals surface area contributed by atoms with Crippen LogP contribution in [0.2, 0.25) is 0 Å². The van der Waals surface area contributed by atoms with Gasteiger partial charge in [0.2, 0.25) is 0 Å². The van der Waals surface area contributed by atoms with Crippen molar-refractivity contribution in [2.75, 3.05) is 18.4 Å². The Morgan fingerprint density at radius 1 is 1.14 bits per heavy atom. The summed E-state index contributed by atoms with van der Waals surface area (Å²) in [4.78, 5) is 2.48. The van der Waals surface area contributed by atoms with E-state index in [1.165, 1.54) is 18.9 Å². The van der Waals surface area contributed by atoms with E-state index < -0.39 is 11.7 Å². The van der Waals surface area contributed by atoms with Crippen LogP contribution >= 0.6 is 0 Å². The molecule has 1 aromatic carbocycles. The largest absolute Gasteiger partial charge is 0.416 e. The molecule has 0 bridgehead atoms. The van der Waals surface area contributed by atoms with Crippen molar-refractivity contribution in [1.29, 1.82) is 0 Å². The van der Waals surface area contributed by atoms with E-state index in [0.717, 1.165) is 37.6 Å².